The number of ether oxygens (including phenoxy) is 1. The molecule has 0 aromatic heterocycles. The Kier molecular flexibility index (Phi) is 9.74. The standard InChI is InChI=1S/C23H38N4O4/c1-16-14-27(17(2)15-28)23(30)12-18-11-19(25-22(29)7-6-10-26(4)5)8-9-20(18)31-21(16)13-24-3/h8-9,11,16-17,21,24,28H,6-7,10,12-15H2,1-5H3,(H,25,29)/t16-,17+,21+/m1/s1. The summed E-state index contributed by atoms with van der Waals surface area (Å²) < 4.78 is 6.31. The number of rotatable bonds is 9. The van der Waals surface area contributed by atoms with Crippen LogP contribution in [0.25, 0.3) is 0 Å². The van der Waals surface area contributed by atoms with Gasteiger partial charge in [-0.2, -0.15) is 0 Å². The van der Waals surface area contributed by atoms with E-state index in [9.17, 15) is 14.7 Å². The van der Waals surface area contributed by atoms with Crippen LogP contribution in [0, 0.1) is 5.92 Å². The van der Waals surface area contributed by atoms with E-state index in [4.69, 9.17) is 4.74 Å². The van der Waals surface area contributed by atoms with Crippen molar-refractivity contribution in [1.29, 1.82) is 0 Å². The average molecular weight is 435 g/mol. The van der Waals surface area contributed by atoms with E-state index in [0.717, 1.165) is 18.5 Å². The topological polar surface area (TPSA) is 94.1 Å². The summed E-state index contributed by atoms with van der Waals surface area (Å²) >= 11 is 0. The monoisotopic (exact) mass is 434 g/mol. The fraction of sp³-hybridized carbons (Fsp3) is 0.652. The van der Waals surface area contributed by atoms with E-state index in [1.807, 2.05) is 51.2 Å². The van der Waals surface area contributed by atoms with Gasteiger partial charge in [-0.1, -0.05) is 6.92 Å². The van der Waals surface area contributed by atoms with E-state index in [1.165, 1.54) is 0 Å². The number of fused-ring (bicyclic) bond motifs is 1. The van der Waals surface area contributed by atoms with Gasteiger partial charge in [0.25, 0.3) is 0 Å². The van der Waals surface area contributed by atoms with Gasteiger partial charge in [0.2, 0.25) is 11.8 Å². The highest BCUT2D eigenvalue weighted by Gasteiger charge is 2.30. The second-order valence-electron chi connectivity index (χ2n) is 8.72. The Hall–Kier alpha value is -2.16. The third-order valence-corrected chi connectivity index (χ3v) is 5.61. The SMILES string of the molecule is CNC[C@@H]1Oc2ccc(NC(=O)CCCN(C)C)cc2CC(=O)N([C@@H](C)CO)C[C@H]1C. The zero-order valence-corrected chi connectivity index (χ0v) is 19.5. The number of aliphatic hydroxyl groups is 1. The highest BCUT2D eigenvalue weighted by molar-refractivity contribution is 5.91. The highest BCUT2D eigenvalue weighted by atomic mass is 16.5. The maximum atomic E-state index is 13.1. The molecule has 0 aliphatic carbocycles. The van der Waals surface area contributed by atoms with E-state index in [1.54, 1.807) is 4.90 Å². The molecule has 1 heterocycles. The summed E-state index contributed by atoms with van der Waals surface area (Å²) in [6.45, 7) is 5.81. The van der Waals surface area contributed by atoms with Crippen molar-refractivity contribution in [1.82, 2.24) is 15.1 Å². The van der Waals surface area contributed by atoms with Crippen LogP contribution in [0.15, 0.2) is 18.2 Å². The second-order valence-corrected chi connectivity index (χ2v) is 8.72. The van der Waals surface area contributed by atoms with Crippen LogP contribution < -0.4 is 15.4 Å². The molecule has 31 heavy (non-hydrogen) atoms. The lowest BCUT2D eigenvalue weighted by Gasteiger charge is -2.32. The van der Waals surface area contributed by atoms with Gasteiger partial charge in [0.15, 0.2) is 0 Å². The molecule has 0 saturated heterocycles. The van der Waals surface area contributed by atoms with Crippen molar-refractivity contribution in [3.63, 3.8) is 0 Å². The first-order valence-electron chi connectivity index (χ1n) is 11.0. The van der Waals surface area contributed by atoms with Crippen molar-refractivity contribution >= 4 is 17.5 Å². The highest BCUT2D eigenvalue weighted by Crippen LogP contribution is 2.29. The molecule has 2 rings (SSSR count). The quantitative estimate of drug-likeness (QED) is 0.543. The van der Waals surface area contributed by atoms with Crippen molar-refractivity contribution in [2.75, 3.05) is 52.7 Å². The molecule has 8 nitrogen and oxygen atoms in total. The van der Waals surface area contributed by atoms with Crippen molar-refractivity contribution in [2.45, 2.75) is 45.3 Å². The molecule has 0 unspecified atom stereocenters. The summed E-state index contributed by atoms with van der Waals surface area (Å²) in [5.41, 5.74) is 1.39. The summed E-state index contributed by atoms with van der Waals surface area (Å²) in [5, 5.41) is 15.7. The van der Waals surface area contributed by atoms with Crippen LogP contribution in [0.2, 0.25) is 0 Å². The predicted octanol–water partition coefficient (Wildman–Crippen LogP) is 1.34. The van der Waals surface area contributed by atoms with E-state index in [2.05, 4.69) is 17.6 Å². The fourth-order valence-electron chi connectivity index (χ4n) is 3.73. The minimum absolute atomic E-state index is 0.0469. The largest absolute Gasteiger partial charge is 0.488 e. The summed E-state index contributed by atoms with van der Waals surface area (Å²) in [7, 11) is 5.84. The zero-order chi connectivity index (χ0) is 23.0. The molecule has 2 amide bonds. The van der Waals surface area contributed by atoms with Crippen LogP contribution >= 0.6 is 0 Å². The van der Waals surface area contributed by atoms with Gasteiger partial charge in [0, 0.05) is 36.7 Å². The summed E-state index contributed by atoms with van der Waals surface area (Å²) in [4.78, 5) is 29.2. The van der Waals surface area contributed by atoms with Crippen molar-refractivity contribution in [3.05, 3.63) is 23.8 Å². The lowest BCUT2D eigenvalue weighted by molar-refractivity contribution is -0.134. The molecule has 0 bridgehead atoms. The number of aliphatic hydroxyl groups excluding tert-OH is 1. The Morgan fingerprint density at radius 2 is 2.13 bits per heavy atom. The molecule has 1 aliphatic heterocycles. The van der Waals surface area contributed by atoms with Crippen LogP contribution in [-0.2, 0) is 16.0 Å². The Labute approximate surface area is 185 Å². The van der Waals surface area contributed by atoms with E-state index in [-0.39, 0.29) is 42.9 Å². The molecule has 0 fully saturated rings. The smallest absolute Gasteiger partial charge is 0.227 e. The minimum atomic E-state index is -0.272. The number of hydrogen-bond acceptors (Lipinski definition) is 6. The Morgan fingerprint density at radius 1 is 1.39 bits per heavy atom. The maximum absolute atomic E-state index is 13.1. The molecule has 0 radical (unpaired) electrons. The van der Waals surface area contributed by atoms with Crippen molar-refractivity contribution in [3.8, 4) is 5.75 Å². The molecule has 1 aromatic carbocycles. The number of carbonyl (C=O) groups is 2. The maximum Gasteiger partial charge on any atom is 0.227 e. The minimum Gasteiger partial charge on any atom is -0.488 e. The lowest BCUT2D eigenvalue weighted by atomic mass is 10.0. The number of benzene rings is 1. The molecular weight excluding hydrogens is 396 g/mol. The van der Waals surface area contributed by atoms with E-state index >= 15 is 0 Å². The van der Waals surface area contributed by atoms with Gasteiger partial charge in [-0.3, -0.25) is 9.59 Å². The summed E-state index contributed by atoms with van der Waals surface area (Å²) in [6.07, 6.45) is 1.25. The third-order valence-electron chi connectivity index (χ3n) is 5.61. The van der Waals surface area contributed by atoms with Crippen molar-refractivity contribution in [2.24, 2.45) is 5.92 Å². The first-order valence-corrected chi connectivity index (χ1v) is 11.0. The number of hydrogen-bond donors (Lipinski definition) is 3. The number of anilines is 1. The molecular formula is C23H38N4O4. The van der Waals surface area contributed by atoms with Gasteiger partial charge in [-0.05, 0) is 59.2 Å². The molecule has 1 aliphatic rings. The predicted molar refractivity (Wildman–Crippen MR) is 122 cm³/mol. The van der Waals surface area contributed by atoms with Gasteiger partial charge in [0.1, 0.15) is 11.9 Å². The Balaban J connectivity index is 2.25. The average Bonchev–Trinajstić information content (AvgIpc) is 2.76. The number of amides is 2. The van der Waals surface area contributed by atoms with Crippen LogP contribution in [0.3, 0.4) is 0 Å². The van der Waals surface area contributed by atoms with Crippen molar-refractivity contribution < 1.29 is 19.4 Å². The molecule has 0 saturated carbocycles. The fourth-order valence-corrected chi connectivity index (χ4v) is 3.73. The summed E-state index contributed by atoms with van der Waals surface area (Å²) in [6, 6.07) is 5.20. The van der Waals surface area contributed by atoms with Gasteiger partial charge in [0.05, 0.1) is 19.1 Å². The van der Waals surface area contributed by atoms with Gasteiger partial charge in [-0.25, -0.2) is 0 Å². The molecule has 1 aromatic rings. The lowest BCUT2D eigenvalue weighted by Crippen LogP contribution is -2.47. The van der Waals surface area contributed by atoms with E-state index < -0.39 is 0 Å². The molecule has 8 heteroatoms. The summed E-state index contributed by atoms with van der Waals surface area (Å²) in [5.74, 6) is 0.629. The van der Waals surface area contributed by atoms with Crippen LogP contribution in [0.4, 0.5) is 5.69 Å². The molecule has 174 valence electrons. The number of nitrogens with one attached hydrogen (secondary N) is 2. The number of nitrogens with zero attached hydrogens (tertiary/aromatic N) is 2. The normalized spacial score (nSPS) is 20.4. The molecule has 3 N–H and O–H groups in total. The van der Waals surface area contributed by atoms with Crippen LogP contribution in [-0.4, -0.2) is 86.3 Å². The Bertz CT molecular complexity index is 740. The Morgan fingerprint density at radius 3 is 2.77 bits per heavy atom. The zero-order valence-electron chi connectivity index (χ0n) is 19.5. The number of carbonyl (C=O) groups excluding carboxylic acids is 2. The van der Waals surface area contributed by atoms with Gasteiger partial charge >= 0.3 is 0 Å². The second kappa shape index (κ2) is 12.0. The van der Waals surface area contributed by atoms with Gasteiger partial charge < -0.3 is 30.3 Å². The van der Waals surface area contributed by atoms with E-state index in [0.29, 0.717) is 30.9 Å². The molecule has 0 spiro atoms. The first-order chi connectivity index (χ1) is 14.7. The van der Waals surface area contributed by atoms with Crippen LogP contribution in [0.5, 0.6) is 5.75 Å². The third kappa shape index (κ3) is 7.48. The van der Waals surface area contributed by atoms with Crippen LogP contribution in [0.1, 0.15) is 32.3 Å². The number of likely N-dealkylation sites (N-methyl/N-ethyl adjacent to an activating group) is 1. The first kappa shape index (κ1) is 25.1. The molecule has 3 atom stereocenters. The van der Waals surface area contributed by atoms with Gasteiger partial charge in [-0.15, -0.1) is 0 Å².